The van der Waals surface area contributed by atoms with Gasteiger partial charge in [0.15, 0.2) is 0 Å². The average molecular weight is 344 g/mol. The fourth-order valence-corrected chi connectivity index (χ4v) is 4.25. The Hall–Kier alpha value is -1.34. The predicted octanol–water partition coefficient (Wildman–Crippen LogP) is 2.98. The number of hydrogen-bond acceptors (Lipinski definition) is 7. The molecule has 0 saturated carbocycles. The van der Waals surface area contributed by atoms with Gasteiger partial charge in [0.2, 0.25) is 0 Å². The fourth-order valence-electron chi connectivity index (χ4n) is 1.61. The standard InChI is InChI=1S/C15H20O5S2/c1-19-13(17)6-8-21-15(22-9-7-14(18)20-2)11-4-3-5-12(16)10-11/h3-5,10,15-16H,6-9H2,1-2H3. The number of methoxy groups -OCH3 is 2. The number of hydrogen-bond donors (Lipinski definition) is 1. The van der Waals surface area contributed by atoms with Gasteiger partial charge in [-0.2, -0.15) is 0 Å². The van der Waals surface area contributed by atoms with Crippen molar-refractivity contribution in [2.75, 3.05) is 25.7 Å². The first-order chi connectivity index (χ1) is 10.6. The van der Waals surface area contributed by atoms with Crippen LogP contribution in [0, 0.1) is 0 Å². The lowest BCUT2D eigenvalue weighted by Gasteiger charge is -2.16. The van der Waals surface area contributed by atoms with E-state index in [1.165, 1.54) is 14.2 Å². The number of ether oxygens (including phenoxy) is 2. The van der Waals surface area contributed by atoms with Crippen LogP contribution in [-0.4, -0.2) is 42.8 Å². The Morgan fingerprint density at radius 3 is 2.09 bits per heavy atom. The third kappa shape index (κ3) is 7.09. The third-order valence-corrected chi connectivity index (χ3v) is 5.59. The van der Waals surface area contributed by atoms with Crippen LogP contribution in [0.25, 0.3) is 0 Å². The van der Waals surface area contributed by atoms with Gasteiger partial charge in [-0.25, -0.2) is 0 Å². The Kier molecular flexibility index (Phi) is 8.84. The second-order valence-electron chi connectivity index (χ2n) is 4.32. The zero-order valence-electron chi connectivity index (χ0n) is 12.6. The number of rotatable bonds is 9. The van der Waals surface area contributed by atoms with Gasteiger partial charge < -0.3 is 14.6 Å². The number of esters is 2. The summed E-state index contributed by atoms with van der Waals surface area (Å²) in [6, 6.07) is 7.00. The van der Waals surface area contributed by atoms with Crippen molar-refractivity contribution in [3.05, 3.63) is 29.8 Å². The highest BCUT2D eigenvalue weighted by atomic mass is 32.2. The maximum Gasteiger partial charge on any atom is 0.306 e. The van der Waals surface area contributed by atoms with Gasteiger partial charge in [0.25, 0.3) is 0 Å². The van der Waals surface area contributed by atoms with Gasteiger partial charge in [0.05, 0.1) is 31.6 Å². The highest BCUT2D eigenvalue weighted by Gasteiger charge is 2.15. The molecule has 0 atom stereocenters. The topological polar surface area (TPSA) is 72.8 Å². The first-order valence-electron chi connectivity index (χ1n) is 6.72. The summed E-state index contributed by atoms with van der Waals surface area (Å²) in [5.74, 6) is 0.921. The van der Waals surface area contributed by atoms with Crippen LogP contribution in [0.15, 0.2) is 24.3 Å². The molecule has 0 spiro atoms. The summed E-state index contributed by atoms with van der Waals surface area (Å²) in [7, 11) is 2.73. The van der Waals surface area contributed by atoms with E-state index in [0.717, 1.165) is 5.56 Å². The zero-order chi connectivity index (χ0) is 16.4. The minimum absolute atomic E-state index is 0.0291. The maximum atomic E-state index is 11.2. The molecule has 0 fully saturated rings. The lowest BCUT2D eigenvalue weighted by atomic mass is 10.2. The lowest BCUT2D eigenvalue weighted by Crippen LogP contribution is -2.04. The molecule has 1 aromatic carbocycles. The van der Waals surface area contributed by atoms with Crippen LogP contribution in [-0.2, 0) is 19.1 Å². The van der Waals surface area contributed by atoms with Gasteiger partial charge >= 0.3 is 11.9 Å². The van der Waals surface area contributed by atoms with Crippen LogP contribution in [0.1, 0.15) is 23.0 Å². The summed E-state index contributed by atoms with van der Waals surface area (Å²) in [6.45, 7) is 0. The van der Waals surface area contributed by atoms with Crippen LogP contribution < -0.4 is 0 Å². The van der Waals surface area contributed by atoms with E-state index in [9.17, 15) is 14.7 Å². The molecule has 0 heterocycles. The normalized spacial score (nSPS) is 10.5. The fraction of sp³-hybridized carbons (Fsp3) is 0.467. The Morgan fingerprint density at radius 2 is 1.64 bits per heavy atom. The van der Waals surface area contributed by atoms with Gasteiger partial charge in [-0.15, -0.1) is 23.5 Å². The molecule has 0 aliphatic heterocycles. The van der Waals surface area contributed by atoms with E-state index in [0.29, 0.717) is 24.3 Å². The van der Waals surface area contributed by atoms with Crippen molar-refractivity contribution in [2.45, 2.75) is 17.4 Å². The van der Waals surface area contributed by atoms with E-state index < -0.39 is 0 Å². The SMILES string of the molecule is COC(=O)CCSC(SCCC(=O)OC)c1cccc(O)c1. The van der Waals surface area contributed by atoms with Gasteiger partial charge in [-0.3, -0.25) is 9.59 Å². The van der Waals surface area contributed by atoms with Crippen molar-refractivity contribution < 1.29 is 24.2 Å². The number of carbonyl (C=O) groups excluding carboxylic acids is 2. The Balaban J connectivity index is 2.60. The van der Waals surface area contributed by atoms with Crippen LogP contribution >= 0.6 is 23.5 Å². The van der Waals surface area contributed by atoms with Gasteiger partial charge in [0.1, 0.15) is 5.75 Å². The molecular weight excluding hydrogens is 324 g/mol. The zero-order valence-corrected chi connectivity index (χ0v) is 14.2. The molecule has 0 amide bonds. The first kappa shape index (κ1) is 18.7. The molecule has 1 aromatic rings. The number of aromatic hydroxyl groups is 1. The highest BCUT2D eigenvalue weighted by Crippen LogP contribution is 2.40. The van der Waals surface area contributed by atoms with Crippen LogP contribution in [0.3, 0.4) is 0 Å². The van der Waals surface area contributed by atoms with Crippen molar-refractivity contribution in [2.24, 2.45) is 0 Å². The molecule has 0 aliphatic rings. The van der Waals surface area contributed by atoms with E-state index in [-0.39, 0.29) is 22.3 Å². The van der Waals surface area contributed by atoms with E-state index in [1.807, 2.05) is 6.07 Å². The van der Waals surface area contributed by atoms with Crippen molar-refractivity contribution in [3.8, 4) is 5.75 Å². The molecule has 0 bridgehead atoms. The van der Waals surface area contributed by atoms with Crippen LogP contribution in [0.2, 0.25) is 0 Å². The van der Waals surface area contributed by atoms with Gasteiger partial charge in [-0.05, 0) is 17.7 Å². The molecule has 1 N–H and O–H groups in total. The minimum atomic E-state index is -0.248. The van der Waals surface area contributed by atoms with E-state index in [1.54, 1.807) is 41.7 Å². The van der Waals surface area contributed by atoms with Gasteiger partial charge in [0, 0.05) is 11.5 Å². The molecule has 7 heteroatoms. The highest BCUT2D eigenvalue weighted by molar-refractivity contribution is 8.16. The summed E-state index contributed by atoms with van der Waals surface area (Å²) < 4.78 is 9.28. The van der Waals surface area contributed by atoms with Crippen molar-refractivity contribution in [3.63, 3.8) is 0 Å². The van der Waals surface area contributed by atoms with E-state index >= 15 is 0 Å². The van der Waals surface area contributed by atoms with Crippen molar-refractivity contribution in [1.82, 2.24) is 0 Å². The molecule has 0 aromatic heterocycles. The maximum absolute atomic E-state index is 11.2. The second kappa shape index (κ2) is 10.4. The molecule has 0 aliphatic carbocycles. The quantitative estimate of drug-likeness (QED) is 0.545. The predicted molar refractivity (Wildman–Crippen MR) is 89.0 cm³/mol. The summed E-state index contributed by atoms with van der Waals surface area (Å²) in [5.41, 5.74) is 0.949. The summed E-state index contributed by atoms with van der Waals surface area (Å²) >= 11 is 3.17. The van der Waals surface area contributed by atoms with Gasteiger partial charge in [-0.1, -0.05) is 12.1 Å². The molecule has 22 heavy (non-hydrogen) atoms. The number of phenolic OH excluding ortho intramolecular Hbond substituents is 1. The van der Waals surface area contributed by atoms with E-state index in [2.05, 4.69) is 9.47 Å². The lowest BCUT2D eigenvalue weighted by molar-refractivity contribution is -0.140. The smallest absolute Gasteiger partial charge is 0.306 e. The second-order valence-corrected chi connectivity index (χ2v) is 7.05. The monoisotopic (exact) mass is 344 g/mol. The summed E-state index contributed by atoms with van der Waals surface area (Å²) in [5, 5.41) is 9.60. The molecule has 0 unspecified atom stereocenters. The molecule has 122 valence electrons. The Labute approximate surface area is 138 Å². The Morgan fingerprint density at radius 1 is 1.09 bits per heavy atom. The van der Waals surface area contributed by atoms with Crippen molar-refractivity contribution >= 4 is 35.5 Å². The largest absolute Gasteiger partial charge is 0.508 e. The first-order valence-corrected chi connectivity index (χ1v) is 8.82. The number of benzene rings is 1. The Bertz CT molecular complexity index is 471. The van der Waals surface area contributed by atoms with E-state index in [4.69, 9.17) is 0 Å². The number of thioether (sulfide) groups is 2. The molecule has 5 nitrogen and oxygen atoms in total. The third-order valence-electron chi connectivity index (χ3n) is 2.75. The molecule has 0 saturated heterocycles. The summed E-state index contributed by atoms with van der Waals surface area (Å²) in [4.78, 5) is 22.4. The molecule has 1 rings (SSSR count). The summed E-state index contributed by atoms with van der Waals surface area (Å²) in [6.07, 6.45) is 0.655. The minimum Gasteiger partial charge on any atom is -0.508 e. The number of carbonyl (C=O) groups is 2. The van der Waals surface area contributed by atoms with Crippen LogP contribution in [0.5, 0.6) is 5.75 Å². The van der Waals surface area contributed by atoms with Crippen LogP contribution in [0.4, 0.5) is 0 Å². The van der Waals surface area contributed by atoms with Crippen molar-refractivity contribution in [1.29, 1.82) is 0 Å². The molecular formula is C15H20O5S2. The molecule has 0 radical (unpaired) electrons. The number of phenols is 1. The average Bonchev–Trinajstić information content (AvgIpc) is 2.52.